The van der Waals surface area contributed by atoms with Crippen LogP contribution in [0.3, 0.4) is 0 Å². The van der Waals surface area contributed by atoms with Gasteiger partial charge in [0, 0.05) is 6.54 Å². The lowest BCUT2D eigenvalue weighted by molar-refractivity contribution is -0.132. The highest BCUT2D eigenvalue weighted by Crippen LogP contribution is 2.13. The molecule has 1 aromatic rings. The predicted octanol–water partition coefficient (Wildman–Crippen LogP) is 1.33. The molecule has 0 aliphatic carbocycles. The molecule has 0 saturated heterocycles. The van der Waals surface area contributed by atoms with Crippen LogP contribution in [0.15, 0.2) is 24.3 Å². The standard InChI is InChI=1S/C15H24N2O3/c1-12(15(18)17-9-5-8-16-2)20-11-13-6-4-7-14(10-13)19-3/h4,6-7,10,12,16H,5,8-9,11H2,1-3H3,(H,17,18). The fraction of sp³-hybridized carbons (Fsp3) is 0.533. The first-order chi connectivity index (χ1) is 9.67. The summed E-state index contributed by atoms with van der Waals surface area (Å²) >= 11 is 0. The van der Waals surface area contributed by atoms with E-state index >= 15 is 0 Å². The maximum absolute atomic E-state index is 11.8. The van der Waals surface area contributed by atoms with Crippen LogP contribution >= 0.6 is 0 Å². The Morgan fingerprint density at radius 3 is 2.85 bits per heavy atom. The lowest BCUT2D eigenvalue weighted by atomic mass is 10.2. The summed E-state index contributed by atoms with van der Waals surface area (Å²) in [5, 5.41) is 5.88. The average molecular weight is 280 g/mol. The summed E-state index contributed by atoms with van der Waals surface area (Å²) in [6, 6.07) is 7.62. The van der Waals surface area contributed by atoms with E-state index in [1.165, 1.54) is 0 Å². The molecule has 2 N–H and O–H groups in total. The Morgan fingerprint density at radius 1 is 1.35 bits per heavy atom. The highest BCUT2D eigenvalue weighted by Gasteiger charge is 2.12. The summed E-state index contributed by atoms with van der Waals surface area (Å²) in [5.74, 6) is 0.708. The smallest absolute Gasteiger partial charge is 0.248 e. The summed E-state index contributed by atoms with van der Waals surface area (Å²) in [6.45, 7) is 3.70. The summed E-state index contributed by atoms with van der Waals surface area (Å²) < 4.78 is 10.7. The van der Waals surface area contributed by atoms with Crippen molar-refractivity contribution < 1.29 is 14.3 Å². The zero-order chi connectivity index (χ0) is 14.8. The molecule has 5 nitrogen and oxygen atoms in total. The Balaban J connectivity index is 2.30. The second-order valence-electron chi connectivity index (χ2n) is 4.55. The van der Waals surface area contributed by atoms with Crippen molar-refractivity contribution >= 4 is 5.91 Å². The molecule has 0 aliphatic rings. The number of carbonyl (C=O) groups excluding carboxylic acids is 1. The SMILES string of the molecule is CNCCCNC(=O)C(C)OCc1cccc(OC)c1. The van der Waals surface area contributed by atoms with E-state index in [2.05, 4.69) is 10.6 Å². The van der Waals surface area contributed by atoms with E-state index < -0.39 is 6.10 Å². The van der Waals surface area contributed by atoms with Gasteiger partial charge in [0.15, 0.2) is 0 Å². The largest absolute Gasteiger partial charge is 0.497 e. The van der Waals surface area contributed by atoms with Crippen LogP contribution in [-0.4, -0.2) is 39.3 Å². The van der Waals surface area contributed by atoms with E-state index in [0.29, 0.717) is 13.2 Å². The van der Waals surface area contributed by atoms with Crippen LogP contribution in [-0.2, 0) is 16.1 Å². The fourth-order valence-electron chi connectivity index (χ4n) is 1.68. The molecule has 112 valence electrons. The third kappa shape index (κ3) is 6.04. The number of ether oxygens (including phenoxy) is 2. The molecule has 0 fully saturated rings. The zero-order valence-electron chi connectivity index (χ0n) is 12.4. The zero-order valence-corrected chi connectivity index (χ0v) is 12.4. The summed E-state index contributed by atoms with van der Waals surface area (Å²) in [7, 11) is 3.52. The number of carbonyl (C=O) groups is 1. The fourth-order valence-corrected chi connectivity index (χ4v) is 1.68. The van der Waals surface area contributed by atoms with Crippen molar-refractivity contribution in [2.24, 2.45) is 0 Å². The Hall–Kier alpha value is -1.59. The first-order valence-electron chi connectivity index (χ1n) is 6.84. The molecule has 1 unspecified atom stereocenters. The van der Waals surface area contributed by atoms with Crippen LogP contribution < -0.4 is 15.4 Å². The molecular formula is C15H24N2O3. The molecular weight excluding hydrogens is 256 g/mol. The van der Waals surface area contributed by atoms with Crippen LogP contribution in [0.5, 0.6) is 5.75 Å². The van der Waals surface area contributed by atoms with E-state index in [-0.39, 0.29) is 5.91 Å². The predicted molar refractivity (Wildman–Crippen MR) is 78.8 cm³/mol. The van der Waals surface area contributed by atoms with Gasteiger partial charge < -0.3 is 20.1 Å². The van der Waals surface area contributed by atoms with Gasteiger partial charge in [-0.1, -0.05) is 12.1 Å². The van der Waals surface area contributed by atoms with Gasteiger partial charge >= 0.3 is 0 Å². The first-order valence-corrected chi connectivity index (χ1v) is 6.84. The molecule has 1 amide bonds. The summed E-state index contributed by atoms with van der Waals surface area (Å²) in [5.41, 5.74) is 0.985. The van der Waals surface area contributed by atoms with Crippen molar-refractivity contribution in [1.29, 1.82) is 0 Å². The highest BCUT2D eigenvalue weighted by molar-refractivity contribution is 5.80. The molecule has 1 rings (SSSR count). The normalized spacial score (nSPS) is 11.9. The molecule has 1 aromatic carbocycles. The second-order valence-corrected chi connectivity index (χ2v) is 4.55. The number of rotatable bonds is 9. The topological polar surface area (TPSA) is 59.6 Å². The van der Waals surface area contributed by atoms with Gasteiger partial charge in [-0.25, -0.2) is 0 Å². The van der Waals surface area contributed by atoms with Crippen molar-refractivity contribution in [2.75, 3.05) is 27.2 Å². The van der Waals surface area contributed by atoms with Crippen molar-refractivity contribution in [1.82, 2.24) is 10.6 Å². The quantitative estimate of drug-likeness (QED) is 0.670. The maximum Gasteiger partial charge on any atom is 0.248 e. The van der Waals surface area contributed by atoms with Crippen LogP contribution in [0, 0.1) is 0 Å². The molecule has 0 spiro atoms. The first kappa shape index (κ1) is 16.5. The molecule has 5 heteroatoms. The maximum atomic E-state index is 11.8. The van der Waals surface area contributed by atoms with Crippen LogP contribution in [0.25, 0.3) is 0 Å². The number of benzene rings is 1. The van der Waals surface area contributed by atoms with Crippen molar-refractivity contribution in [3.05, 3.63) is 29.8 Å². The number of methoxy groups -OCH3 is 1. The minimum absolute atomic E-state index is 0.0796. The van der Waals surface area contributed by atoms with E-state index in [1.807, 2.05) is 31.3 Å². The van der Waals surface area contributed by atoms with Crippen molar-refractivity contribution in [3.63, 3.8) is 0 Å². The number of amides is 1. The van der Waals surface area contributed by atoms with Gasteiger partial charge in [-0.2, -0.15) is 0 Å². The van der Waals surface area contributed by atoms with Gasteiger partial charge in [0.05, 0.1) is 13.7 Å². The van der Waals surface area contributed by atoms with Crippen LogP contribution in [0.4, 0.5) is 0 Å². The summed E-state index contributed by atoms with van der Waals surface area (Å²) in [6.07, 6.45) is 0.445. The van der Waals surface area contributed by atoms with Gasteiger partial charge in [-0.05, 0) is 44.6 Å². The van der Waals surface area contributed by atoms with Gasteiger partial charge in [-0.15, -0.1) is 0 Å². The molecule has 0 saturated carbocycles. The van der Waals surface area contributed by atoms with E-state index in [4.69, 9.17) is 9.47 Å². The van der Waals surface area contributed by atoms with E-state index in [1.54, 1.807) is 14.0 Å². The molecule has 0 aliphatic heterocycles. The number of hydrogen-bond acceptors (Lipinski definition) is 4. The molecule has 0 aromatic heterocycles. The van der Waals surface area contributed by atoms with Crippen LogP contribution in [0.2, 0.25) is 0 Å². The lowest BCUT2D eigenvalue weighted by Crippen LogP contribution is -2.35. The molecule has 20 heavy (non-hydrogen) atoms. The third-order valence-electron chi connectivity index (χ3n) is 2.91. The minimum Gasteiger partial charge on any atom is -0.497 e. The Morgan fingerprint density at radius 2 is 2.15 bits per heavy atom. The number of hydrogen-bond donors (Lipinski definition) is 2. The molecule has 1 atom stereocenters. The van der Waals surface area contributed by atoms with E-state index in [9.17, 15) is 4.79 Å². The van der Waals surface area contributed by atoms with Crippen molar-refractivity contribution in [3.8, 4) is 5.75 Å². The van der Waals surface area contributed by atoms with Crippen molar-refractivity contribution in [2.45, 2.75) is 26.1 Å². The summed E-state index contributed by atoms with van der Waals surface area (Å²) in [4.78, 5) is 11.8. The monoisotopic (exact) mass is 280 g/mol. The Bertz CT molecular complexity index is 410. The Labute approximate surface area is 120 Å². The van der Waals surface area contributed by atoms with Crippen LogP contribution in [0.1, 0.15) is 18.9 Å². The van der Waals surface area contributed by atoms with Gasteiger partial charge in [0.1, 0.15) is 11.9 Å². The second kappa shape index (κ2) is 9.34. The molecule has 0 heterocycles. The molecule has 0 radical (unpaired) electrons. The highest BCUT2D eigenvalue weighted by atomic mass is 16.5. The molecule has 0 bridgehead atoms. The lowest BCUT2D eigenvalue weighted by Gasteiger charge is -2.13. The average Bonchev–Trinajstić information content (AvgIpc) is 2.49. The van der Waals surface area contributed by atoms with Gasteiger partial charge in [-0.3, -0.25) is 4.79 Å². The van der Waals surface area contributed by atoms with Gasteiger partial charge in [0.25, 0.3) is 0 Å². The third-order valence-corrected chi connectivity index (χ3v) is 2.91. The van der Waals surface area contributed by atoms with Gasteiger partial charge in [0.2, 0.25) is 5.91 Å². The Kier molecular flexibility index (Phi) is 7.69. The van der Waals surface area contributed by atoms with E-state index in [0.717, 1.165) is 24.3 Å². The minimum atomic E-state index is -0.462. The number of nitrogens with one attached hydrogen (secondary N) is 2.